The van der Waals surface area contributed by atoms with E-state index in [0.717, 1.165) is 25.7 Å². The highest BCUT2D eigenvalue weighted by atomic mass is 16.2. The number of unbranched alkanes of at least 4 members (excludes halogenated alkanes) is 3. The number of nitrogens with zero attached hydrogens (tertiary/aromatic N) is 2. The molecule has 0 radical (unpaired) electrons. The number of aliphatic imine (C=N–C) groups is 1. The Kier molecular flexibility index (Phi) is 5.49. The second-order valence-corrected chi connectivity index (χ2v) is 5.84. The second-order valence-electron chi connectivity index (χ2n) is 5.84. The number of allylic oxidation sites excluding steroid dienone is 2. The van der Waals surface area contributed by atoms with E-state index in [9.17, 15) is 9.59 Å². The zero-order chi connectivity index (χ0) is 16.0. The molecule has 0 spiro atoms. The van der Waals surface area contributed by atoms with Crippen molar-refractivity contribution >= 4 is 17.6 Å². The van der Waals surface area contributed by atoms with E-state index in [1.165, 1.54) is 0 Å². The van der Waals surface area contributed by atoms with Crippen LogP contribution in [0.1, 0.15) is 39.0 Å². The average Bonchev–Trinajstić information content (AvgIpc) is 2.50. The monoisotopic (exact) mass is 304 g/mol. The molecule has 0 aromatic rings. The molecule has 0 saturated carbocycles. The van der Waals surface area contributed by atoms with E-state index >= 15 is 0 Å². The lowest BCUT2D eigenvalue weighted by atomic mass is 9.91. The van der Waals surface area contributed by atoms with Crippen molar-refractivity contribution in [3.05, 3.63) is 24.4 Å². The first-order chi connectivity index (χ1) is 10.6. The number of hydrogen-bond donors (Lipinski definition) is 2. The third-order valence-electron chi connectivity index (χ3n) is 4.01. The van der Waals surface area contributed by atoms with Crippen LogP contribution in [0.3, 0.4) is 0 Å². The summed E-state index contributed by atoms with van der Waals surface area (Å²) in [7, 11) is 0. The van der Waals surface area contributed by atoms with Crippen LogP contribution in [0, 0.1) is 0 Å². The zero-order valence-corrected chi connectivity index (χ0v) is 13.0. The predicted molar refractivity (Wildman–Crippen MR) is 86.1 cm³/mol. The minimum absolute atomic E-state index is 0.0910. The first-order valence-electron chi connectivity index (χ1n) is 7.82. The van der Waals surface area contributed by atoms with E-state index in [4.69, 9.17) is 5.73 Å². The van der Waals surface area contributed by atoms with E-state index < -0.39 is 5.54 Å². The molecule has 0 saturated heterocycles. The average molecular weight is 304 g/mol. The Morgan fingerprint density at radius 3 is 2.91 bits per heavy atom. The number of rotatable bonds is 7. The number of fused-ring (bicyclic) bond motifs is 1. The molecule has 2 rings (SSSR count). The van der Waals surface area contributed by atoms with Gasteiger partial charge in [-0.1, -0.05) is 18.9 Å². The molecule has 0 aromatic carbocycles. The summed E-state index contributed by atoms with van der Waals surface area (Å²) >= 11 is 0. The molecule has 0 aromatic heterocycles. The van der Waals surface area contributed by atoms with Gasteiger partial charge in [-0.2, -0.15) is 4.99 Å². The standard InChI is InChI=1S/C16H24N4O2/c1-16(15(22)18-10-6-3-2-5-9-17)12-14(21)19-13-8-4-7-11-20(13)16/h4,7-8,11H,2-3,5-6,9-10,12,17H2,1H3,(H,18,22). The van der Waals surface area contributed by atoms with Crippen LogP contribution in [0.4, 0.5) is 0 Å². The van der Waals surface area contributed by atoms with Crippen LogP contribution in [-0.2, 0) is 9.59 Å². The zero-order valence-electron chi connectivity index (χ0n) is 13.0. The summed E-state index contributed by atoms with van der Waals surface area (Å²) < 4.78 is 0. The Morgan fingerprint density at radius 2 is 2.14 bits per heavy atom. The van der Waals surface area contributed by atoms with Crippen molar-refractivity contribution in [3.63, 3.8) is 0 Å². The number of amides is 2. The Hall–Kier alpha value is -1.95. The fourth-order valence-electron chi connectivity index (χ4n) is 2.69. The van der Waals surface area contributed by atoms with Gasteiger partial charge in [-0.25, -0.2) is 0 Å². The van der Waals surface area contributed by atoms with Gasteiger partial charge in [0.1, 0.15) is 11.4 Å². The van der Waals surface area contributed by atoms with Crippen LogP contribution in [0.25, 0.3) is 0 Å². The van der Waals surface area contributed by atoms with Gasteiger partial charge in [-0.05, 0) is 38.5 Å². The topological polar surface area (TPSA) is 87.8 Å². The number of nitrogens with two attached hydrogens (primary N) is 1. The van der Waals surface area contributed by atoms with E-state index in [0.29, 0.717) is 18.9 Å². The van der Waals surface area contributed by atoms with Crippen LogP contribution >= 0.6 is 0 Å². The minimum Gasteiger partial charge on any atom is -0.354 e. The molecule has 1 atom stereocenters. The normalized spacial score (nSPS) is 23.3. The van der Waals surface area contributed by atoms with Gasteiger partial charge in [0.15, 0.2) is 0 Å². The third kappa shape index (κ3) is 3.62. The molecule has 0 aliphatic carbocycles. The van der Waals surface area contributed by atoms with Gasteiger partial charge in [0.05, 0.1) is 6.42 Å². The Bertz CT molecular complexity index is 524. The number of carbonyl (C=O) groups is 2. The Balaban J connectivity index is 1.93. The quantitative estimate of drug-likeness (QED) is 0.689. The number of carbonyl (C=O) groups excluding carboxylic acids is 2. The maximum Gasteiger partial charge on any atom is 0.250 e. The van der Waals surface area contributed by atoms with E-state index in [1.54, 1.807) is 24.1 Å². The van der Waals surface area contributed by atoms with Gasteiger partial charge in [-0.15, -0.1) is 0 Å². The molecule has 2 amide bonds. The Labute approximate surface area is 131 Å². The van der Waals surface area contributed by atoms with Crippen molar-refractivity contribution in [1.29, 1.82) is 0 Å². The molecule has 0 bridgehead atoms. The highest BCUT2D eigenvalue weighted by Crippen LogP contribution is 2.28. The molecular formula is C16H24N4O2. The number of nitrogens with one attached hydrogen (secondary N) is 1. The number of amidine groups is 1. The summed E-state index contributed by atoms with van der Waals surface area (Å²) in [5.41, 5.74) is 4.54. The largest absolute Gasteiger partial charge is 0.354 e. The summed E-state index contributed by atoms with van der Waals surface area (Å²) in [6.45, 7) is 3.11. The van der Waals surface area contributed by atoms with Gasteiger partial charge in [0.2, 0.25) is 5.91 Å². The van der Waals surface area contributed by atoms with Gasteiger partial charge < -0.3 is 16.0 Å². The van der Waals surface area contributed by atoms with Gasteiger partial charge in [0.25, 0.3) is 5.91 Å². The van der Waals surface area contributed by atoms with Crippen molar-refractivity contribution < 1.29 is 9.59 Å². The second kappa shape index (κ2) is 7.35. The summed E-state index contributed by atoms with van der Waals surface area (Å²) in [6, 6.07) is 0. The summed E-state index contributed by atoms with van der Waals surface area (Å²) in [5, 5.41) is 2.95. The number of hydrogen-bond acceptors (Lipinski definition) is 4. The van der Waals surface area contributed by atoms with Crippen LogP contribution in [0.15, 0.2) is 29.4 Å². The molecule has 6 heteroatoms. The van der Waals surface area contributed by atoms with E-state index in [2.05, 4.69) is 10.3 Å². The van der Waals surface area contributed by atoms with Crippen molar-refractivity contribution in [2.45, 2.75) is 44.6 Å². The lowest BCUT2D eigenvalue weighted by Gasteiger charge is -2.41. The van der Waals surface area contributed by atoms with Crippen LogP contribution in [-0.4, -0.2) is 41.2 Å². The minimum atomic E-state index is -0.910. The van der Waals surface area contributed by atoms with Crippen LogP contribution in [0.5, 0.6) is 0 Å². The first-order valence-corrected chi connectivity index (χ1v) is 7.82. The lowest BCUT2D eigenvalue weighted by molar-refractivity contribution is -0.134. The maximum absolute atomic E-state index is 12.6. The fourth-order valence-corrected chi connectivity index (χ4v) is 2.69. The summed E-state index contributed by atoms with van der Waals surface area (Å²) in [5.74, 6) is 0.137. The fraction of sp³-hybridized carbons (Fsp3) is 0.562. The third-order valence-corrected chi connectivity index (χ3v) is 4.01. The van der Waals surface area contributed by atoms with Crippen molar-refractivity contribution in [3.8, 4) is 0 Å². The molecule has 2 aliphatic rings. The van der Waals surface area contributed by atoms with E-state index in [-0.39, 0.29) is 18.2 Å². The van der Waals surface area contributed by atoms with E-state index in [1.807, 2.05) is 12.2 Å². The Morgan fingerprint density at radius 1 is 1.36 bits per heavy atom. The molecule has 2 heterocycles. The molecule has 3 N–H and O–H groups in total. The van der Waals surface area contributed by atoms with Crippen molar-refractivity contribution in [2.24, 2.45) is 10.7 Å². The van der Waals surface area contributed by atoms with Gasteiger partial charge >= 0.3 is 0 Å². The summed E-state index contributed by atoms with van der Waals surface area (Å²) in [6.07, 6.45) is 11.4. The van der Waals surface area contributed by atoms with Crippen LogP contribution < -0.4 is 11.1 Å². The van der Waals surface area contributed by atoms with Gasteiger partial charge in [0, 0.05) is 12.7 Å². The van der Waals surface area contributed by atoms with Crippen LogP contribution in [0.2, 0.25) is 0 Å². The predicted octanol–water partition coefficient (Wildman–Crippen LogP) is 1.09. The molecule has 22 heavy (non-hydrogen) atoms. The SMILES string of the molecule is CC1(C(=O)NCCCCCCN)CC(=O)N=C2C=CC=CN21. The molecule has 6 nitrogen and oxygen atoms in total. The highest BCUT2D eigenvalue weighted by Gasteiger charge is 2.44. The highest BCUT2D eigenvalue weighted by molar-refractivity contribution is 6.09. The summed E-state index contributed by atoms with van der Waals surface area (Å²) in [4.78, 5) is 30.2. The first kappa shape index (κ1) is 16.4. The molecular weight excluding hydrogens is 280 g/mol. The van der Waals surface area contributed by atoms with Crippen molar-refractivity contribution in [1.82, 2.24) is 10.2 Å². The lowest BCUT2D eigenvalue weighted by Crippen LogP contribution is -2.60. The van der Waals surface area contributed by atoms with Gasteiger partial charge in [-0.3, -0.25) is 9.59 Å². The molecule has 2 aliphatic heterocycles. The molecule has 0 fully saturated rings. The maximum atomic E-state index is 12.6. The van der Waals surface area contributed by atoms with Crippen molar-refractivity contribution in [2.75, 3.05) is 13.1 Å². The molecule has 120 valence electrons. The molecule has 1 unspecified atom stereocenters. The smallest absolute Gasteiger partial charge is 0.250 e.